The minimum absolute atomic E-state index is 0.276. The summed E-state index contributed by atoms with van der Waals surface area (Å²) in [6, 6.07) is 11.5. The van der Waals surface area contributed by atoms with Gasteiger partial charge < -0.3 is 9.64 Å². The minimum atomic E-state index is -4.01. The van der Waals surface area contributed by atoms with Crippen molar-refractivity contribution in [1.29, 1.82) is 0 Å². The van der Waals surface area contributed by atoms with E-state index in [9.17, 15) is 18.5 Å². The van der Waals surface area contributed by atoms with Gasteiger partial charge in [-0.15, -0.1) is 0 Å². The number of nitrogens with zero attached hydrogens (tertiary/aromatic N) is 2. The van der Waals surface area contributed by atoms with Gasteiger partial charge in [-0.1, -0.05) is 24.3 Å². The van der Waals surface area contributed by atoms with E-state index in [1.54, 1.807) is 0 Å². The van der Waals surface area contributed by atoms with Crippen LogP contribution in [0.5, 0.6) is 5.75 Å². The molecule has 0 saturated carbocycles. The number of hydrogen-bond acceptors (Lipinski definition) is 6. The Labute approximate surface area is 163 Å². The van der Waals surface area contributed by atoms with Crippen LogP contribution >= 0.6 is 0 Å². The number of hydrogen-bond donors (Lipinski definition) is 1. The topological polar surface area (TPSA) is 116 Å². The van der Waals surface area contributed by atoms with Gasteiger partial charge in [0.2, 0.25) is 10.0 Å². The van der Waals surface area contributed by atoms with Crippen LogP contribution in [0.15, 0.2) is 53.4 Å². The van der Waals surface area contributed by atoms with Gasteiger partial charge in [0.25, 0.3) is 5.69 Å². The maximum atomic E-state index is 11.5. The Morgan fingerprint density at radius 2 is 2.00 bits per heavy atom. The van der Waals surface area contributed by atoms with Crippen molar-refractivity contribution in [1.82, 2.24) is 0 Å². The summed E-state index contributed by atoms with van der Waals surface area (Å²) in [5, 5.41) is 16.5. The number of primary sulfonamides is 1. The molecule has 3 rings (SSSR count). The Bertz CT molecular complexity index is 1030. The summed E-state index contributed by atoms with van der Waals surface area (Å²) in [4.78, 5) is 12.4. The molecule has 0 atom stereocenters. The van der Waals surface area contributed by atoms with E-state index in [-0.39, 0.29) is 10.6 Å². The lowest BCUT2D eigenvalue weighted by Gasteiger charge is -2.28. The molecule has 8 nitrogen and oxygen atoms in total. The van der Waals surface area contributed by atoms with E-state index >= 15 is 0 Å². The number of nitro benzene ring substituents is 1. The molecule has 1 heterocycles. The van der Waals surface area contributed by atoms with Crippen LogP contribution in [0.3, 0.4) is 0 Å². The summed E-state index contributed by atoms with van der Waals surface area (Å²) in [7, 11) is -4.01. The van der Waals surface area contributed by atoms with E-state index in [1.165, 1.54) is 12.1 Å². The predicted octanol–water partition coefficient (Wildman–Crippen LogP) is 2.93. The van der Waals surface area contributed by atoms with Crippen molar-refractivity contribution in [2.24, 2.45) is 5.14 Å². The maximum Gasteiger partial charge on any atom is 0.293 e. The molecule has 0 unspecified atom stereocenters. The zero-order valence-corrected chi connectivity index (χ0v) is 16.2. The van der Waals surface area contributed by atoms with Crippen LogP contribution in [-0.2, 0) is 10.0 Å². The zero-order valence-electron chi connectivity index (χ0n) is 15.4. The molecule has 2 N–H and O–H groups in total. The third-order valence-electron chi connectivity index (χ3n) is 4.55. The number of para-hydroxylation sites is 1. The van der Waals surface area contributed by atoms with Gasteiger partial charge in [0.05, 0.1) is 16.4 Å². The van der Waals surface area contributed by atoms with E-state index in [0.29, 0.717) is 31.8 Å². The van der Waals surface area contributed by atoms with Gasteiger partial charge in [0.1, 0.15) is 11.4 Å². The quantitative estimate of drug-likeness (QED) is 0.586. The average Bonchev–Trinajstić information content (AvgIpc) is 2.68. The zero-order chi connectivity index (χ0) is 20.3. The number of anilines is 1. The lowest BCUT2D eigenvalue weighted by atomic mass is 9.98. The molecule has 2 aromatic rings. The van der Waals surface area contributed by atoms with Crippen LogP contribution in [0.25, 0.3) is 5.57 Å². The first-order chi connectivity index (χ1) is 13.3. The van der Waals surface area contributed by atoms with Crippen LogP contribution in [0.4, 0.5) is 11.4 Å². The molecule has 0 aliphatic carbocycles. The monoisotopic (exact) mass is 403 g/mol. The van der Waals surface area contributed by atoms with E-state index in [1.807, 2.05) is 42.2 Å². The molecule has 0 fully saturated rings. The molecule has 2 aromatic carbocycles. The summed E-state index contributed by atoms with van der Waals surface area (Å²) in [6.07, 6.45) is 2.69. The lowest BCUT2D eigenvalue weighted by Crippen LogP contribution is -2.29. The first-order valence-corrected chi connectivity index (χ1v) is 10.3. The fourth-order valence-electron chi connectivity index (χ4n) is 3.24. The summed E-state index contributed by atoms with van der Waals surface area (Å²) in [5.41, 5.74) is 2.22. The third-order valence-corrected chi connectivity index (χ3v) is 5.47. The maximum absolute atomic E-state index is 11.5. The summed E-state index contributed by atoms with van der Waals surface area (Å²) in [6.45, 7) is 3.52. The van der Waals surface area contributed by atoms with Gasteiger partial charge in [-0.2, -0.15) is 0 Å². The van der Waals surface area contributed by atoms with Gasteiger partial charge >= 0.3 is 0 Å². The second-order valence-electron chi connectivity index (χ2n) is 6.31. The third kappa shape index (κ3) is 4.15. The highest BCUT2D eigenvalue weighted by Gasteiger charge is 2.24. The molecule has 28 heavy (non-hydrogen) atoms. The number of nitrogens with two attached hydrogens (primary N) is 1. The normalized spacial score (nSPS) is 14.5. The minimum Gasteiger partial charge on any atom is -0.493 e. The van der Waals surface area contributed by atoms with Crippen LogP contribution in [-0.4, -0.2) is 33.0 Å². The van der Waals surface area contributed by atoms with Crippen molar-refractivity contribution >= 4 is 27.0 Å². The van der Waals surface area contributed by atoms with Crippen LogP contribution in [0, 0.1) is 10.1 Å². The molecule has 0 saturated heterocycles. The molecule has 0 radical (unpaired) electrons. The fraction of sp³-hybridized carbons (Fsp3) is 0.263. The molecular formula is C19H21N3O5S. The average molecular weight is 403 g/mol. The second kappa shape index (κ2) is 7.99. The number of sulfonamides is 1. The predicted molar refractivity (Wildman–Crippen MR) is 107 cm³/mol. The Kier molecular flexibility index (Phi) is 5.66. The smallest absolute Gasteiger partial charge is 0.293 e. The Hall–Kier alpha value is -2.91. The molecule has 0 aromatic heterocycles. The van der Waals surface area contributed by atoms with Crippen molar-refractivity contribution < 1.29 is 18.1 Å². The van der Waals surface area contributed by atoms with Crippen LogP contribution in [0.1, 0.15) is 18.9 Å². The van der Waals surface area contributed by atoms with Crippen molar-refractivity contribution in [3.63, 3.8) is 0 Å². The van der Waals surface area contributed by atoms with Crippen molar-refractivity contribution in [2.75, 3.05) is 24.6 Å². The Balaban J connectivity index is 1.90. The van der Waals surface area contributed by atoms with Gasteiger partial charge in [-0.05, 0) is 37.1 Å². The molecule has 9 heteroatoms. The SMILES string of the molecule is CCOc1ccccc1C1=CCN(c2ccc(S(N)(=O)=O)cc2[N+](=O)[O-])CC1. The van der Waals surface area contributed by atoms with E-state index in [0.717, 1.165) is 23.0 Å². The number of benzene rings is 2. The Morgan fingerprint density at radius 3 is 2.61 bits per heavy atom. The number of rotatable bonds is 6. The largest absolute Gasteiger partial charge is 0.493 e. The highest BCUT2D eigenvalue weighted by molar-refractivity contribution is 7.89. The summed E-state index contributed by atoms with van der Waals surface area (Å²) in [5.74, 6) is 0.813. The van der Waals surface area contributed by atoms with E-state index < -0.39 is 14.9 Å². The highest BCUT2D eigenvalue weighted by Crippen LogP contribution is 2.35. The summed E-state index contributed by atoms with van der Waals surface area (Å²) < 4.78 is 28.7. The molecule has 0 bridgehead atoms. The van der Waals surface area contributed by atoms with Crippen molar-refractivity contribution in [2.45, 2.75) is 18.2 Å². The number of ether oxygens (including phenoxy) is 1. The van der Waals surface area contributed by atoms with Crippen molar-refractivity contribution in [3.05, 3.63) is 64.2 Å². The van der Waals surface area contributed by atoms with E-state index in [2.05, 4.69) is 0 Å². The first-order valence-electron chi connectivity index (χ1n) is 8.78. The van der Waals surface area contributed by atoms with Gasteiger partial charge in [0.15, 0.2) is 0 Å². The van der Waals surface area contributed by atoms with Gasteiger partial charge in [-0.3, -0.25) is 10.1 Å². The molecular weight excluding hydrogens is 382 g/mol. The fourth-order valence-corrected chi connectivity index (χ4v) is 3.77. The number of nitro groups is 1. The second-order valence-corrected chi connectivity index (χ2v) is 7.87. The highest BCUT2D eigenvalue weighted by atomic mass is 32.2. The molecule has 0 amide bonds. The van der Waals surface area contributed by atoms with Gasteiger partial charge in [0, 0.05) is 24.7 Å². The van der Waals surface area contributed by atoms with E-state index in [4.69, 9.17) is 9.88 Å². The Morgan fingerprint density at radius 1 is 1.25 bits per heavy atom. The molecule has 1 aliphatic rings. The van der Waals surface area contributed by atoms with Crippen molar-refractivity contribution in [3.8, 4) is 5.75 Å². The standard InChI is InChI=1S/C19H21N3O5S/c1-2-27-19-6-4-3-5-16(19)14-9-11-21(12-10-14)17-8-7-15(28(20,25)26)13-18(17)22(23)24/h3-9,13H,2,10-12H2,1H3,(H2,20,25,26). The van der Waals surface area contributed by atoms with Crippen LogP contribution in [0.2, 0.25) is 0 Å². The van der Waals surface area contributed by atoms with Crippen LogP contribution < -0.4 is 14.8 Å². The first kappa shape index (κ1) is 19.8. The molecule has 1 aliphatic heterocycles. The van der Waals surface area contributed by atoms with Gasteiger partial charge in [-0.25, -0.2) is 13.6 Å². The molecule has 148 valence electrons. The summed E-state index contributed by atoms with van der Waals surface area (Å²) >= 11 is 0. The lowest BCUT2D eigenvalue weighted by molar-refractivity contribution is -0.384. The molecule has 0 spiro atoms.